The van der Waals surface area contributed by atoms with Crippen LogP contribution in [0.5, 0.6) is 0 Å². The van der Waals surface area contributed by atoms with Crippen molar-refractivity contribution in [3.05, 3.63) is 96.6 Å². The molecule has 0 fully saturated rings. The molecule has 4 rings (SSSR count). The molecule has 0 saturated carbocycles. The van der Waals surface area contributed by atoms with E-state index in [9.17, 15) is 0 Å². The third-order valence-corrected chi connectivity index (χ3v) is 3.90. The lowest BCUT2D eigenvalue weighted by Crippen LogP contribution is -2.50. The van der Waals surface area contributed by atoms with E-state index in [4.69, 9.17) is 4.90 Å². The second kappa shape index (κ2) is 6.01. The first kappa shape index (κ1) is 13.6. The molecule has 1 N–H and O–H groups in total. The largest absolute Gasteiger partial charge is 0.451 e. The topological polar surface area (TPSA) is 27.6 Å². The highest BCUT2D eigenvalue weighted by Crippen LogP contribution is 2.18. The number of hydrazine groups is 1. The van der Waals surface area contributed by atoms with Gasteiger partial charge in [-0.15, -0.1) is 0 Å². The van der Waals surface area contributed by atoms with Gasteiger partial charge in [-0.1, -0.05) is 78.9 Å². The molecule has 4 heteroatoms. The summed E-state index contributed by atoms with van der Waals surface area (Å²) < 4.78 is 0. The van der Waals surface area contributed by atoms with E-state index in [-0.39, 0.29) is 6.98 Å². The van der Waals surface area contributed by atoms with E-state index in [1.165, 1.54) is 0 Å². The molecule has 0 aliphatic carbocycles. The zero-order valence-corrected chi connectivity index (χ0v) is 12.6. The molecule has 3 aromatic carbocycles. The van der Waals surface area contributed by atoms with E-state index < -0.39 is 0 Å². The summed E-state index contributed by atoms with van der Waals surface area (Å²) in [5.74, 6) is 0.892. The average Bonchev–Trinajstić information content (AvgIpc) is 3.09. The molecule has 3 aromatic rings. The van der Waals surface area contributed by atoms with E-state index >= 15 is 0 Å². The molecule has 0 amide bonds. The Bertz CT molecular complexity index is 804. The quantitative estimate of drug-likeness (QED) is 0.753. The van der Waals surface area contributed by atoms with Gasteiger partial charge in [0.1, 0.15) is 5.84 Å². The molecule has 1 aliphatic heterocycles. The van der Waals surface area contributed by atoms with Crippen LogP contribution in [0.3, 0.4) is 0 Å². The Kier molecular flexibility index (Phi) is 3.56. The predicted octanol–water partition coefficient (Wildman–Crippen LogP) is 2.85. The summed E-state index contributed by atoms with van der Waals surface area (Å²) in [6.07, 6.45) is 0. The number of rotatable bonds is 3. The molecule has 0 radical (unpaired) electrons. The molecular formula is C19H16BN3. The van der Waals surface area contributed by atoms with Gasteiger partial charge in [-0.05, 0) is 17.6 Å². The number of benzene rings is 3. The fraction of sp³-hybridized carbons (Fsp3) is 0. The maximum atomic E-state index is 4.92. The minimum absolute atomic E-state index is 0.0752. The summed E-state index contributed by atoms with van der Waals surface area (Å²) in [5, 5.41) is 0. The van der Waals surface area contributed by atoms with Gasteiger partial charge >= 0.3 is 6.98 Å². The summed E-state index contributed by atoms with van der Waals surface area (Å²) in [7, 11) is 0. The molecule has 23 heavy (non-hydrogen) atoms. The van der Waals surface area contributed by atoms with E-state index in [1.807, 2.05) is 42.5 Å². The molecule has 110 valence electrons. The van der Waals surface area contributed by atoms with Crippen molar-refractivity contribution >= 4 is 24.0 Å². The van der Waals surface area contributed by atoms with Gasteiger partial charge < -0.3 is 4.92 Å². The number of hydrogen-bond donors (Lipinski definition) is 1. The Morgan fingerprint density at radius 1 is 0.696 bits per heavy atom. The minimum atomic E-state index is -0.0752. The summed E-state index contributed by atoms with van der Waals surface area (Å²) in [4.78, 5) is 7.03. The molecular weight excluding hydrogens is 281 g/mol. The van der Waals surface area contributed by atoms with Gasteiger partial charge in [0.15, 0.2) is 0 Å². The second-order valence-corrected chi connectivity index (χ2v) is 5.45. The lowest BCUT2D eigenvalue weighted by Gasteiger charge is -2.23. The monoisotopic (exact) mass is 297 g/mol. The summed E-state index contributed by atoms with van der Waals surface area (Å²) in [5.41, 5.74) is 6.80. The van der Waals surface area contributed by atoms with Crippen LogP contribution in [0, 0.1) is 0 Å². The van der Waals surface area contributed by atoms with Gasteiger partial charge in [0, 0.05) is 11.3 Å². The number of amidine groups is 1. The van der Waals surface area contributed by atoms with Gasteiger partial charge in [0.05, 0.1) is 0 Å². The van der Waals surface area contributed by atoms with Crippen LogP contribution in [-0.2, 0) is 0 Å². The molecule has 0 bridgehead atoms. The van der Waals surface area contributed by atoms with Crippen molar-refractivity contribution in [3.63, 3.8) is 0 Å². The highest BCUT2D eigenvalue weighted by molar-refractivity contribution is 6.77. The number of nitrogens with zero attached hydrogens (tertiary/aromatic N) is 2. The smallest absolute Gasteiger partial charge is 0.300 e. The van der Waals surface area contributed by atoms with Crippen molar-refractivity contribution in [2.45, 2.75) is 0 Å². The van der Waals surface area contributed by atoms with E-state index in [1.54, 1.807) is 0 Å². The van der Waals surface area contributed by atoms with Crippen LogP contribution in [0.1, 0.15) is 5.56 Å². The molecule has 1 aliphatic rings. The Morgan fingerprint density at radius 2 is 1.26 bits per heavy atom. The third kappa shape index (κ3) is 2.71. The fourth-order valence-corrected chi connectivity index (χ4v) is 2.76. The average molecular weight is 297 g/mol. The van der Waals surface area contributed by atoms with Gasteiger partial charge in [0.2, 0.25) is 0 Å². The maximum Gasteiger partial charge on any atom is 0.451 e. The van der Waals surface area contributed by atoms with Crippen LogP contribution in [0.4, 0.5) is 5.69 Å². The number of hydrogen-bond acceptors (Lipinski definition) is 3. The first-order valence-corrected chi connectivity index (χ1v) is 7.71. The highest BCUT2D eigenvalue weighted by atomic mass is 15.5. The molecule has 0 aromatic heterocycles. The Morgan fingerprint density at radius 3 is 1.91 bits per heavy atom. The van der Waals surface area contributed by atoms with Crippen LogP contribution >= 0.6 is 0 Å². The lowest BCUT2D eigenvalue weighted by atomic mass is 9.68. The fourth-order valence-electron chi connectivity index (χ4n) is 2.76. The van der Waals surface area contributed by atoms with Crippen LogP contribution in [0.2, 0.25) is 0 Å². The van der Waals surface area contributed by atoms with E-state index in [0.717, 1.165) is 22.5 Å². The molecule has 1 heterocycles. The van der Waals surface area contributed by atoms with Crippen LogP contribution < -0.4 is 15.8 Å². The summed E-state index contributed by atoms with van der Waals surface area (Å²) in [6, 6.07) is 30.9. The maximum absolute atomic E-state index is 4.92. The van der Waals surface area contributed by atoms with Crippen LogP contribution in [-0.4, -0.2) is 12.8 Å². The van der Waals surface area contributed by atoms with Crippen molar-refractivity contribution in [1.29, 1.82) is 0 Å². The van der Waals surface area contributed by atoms with Crippen LogP contribution in [0.25, 0.3) is 0 Å². The van der Waals surface area contributed by atoms with Gasteiger partial charge in [-0.3, -0.25) is 10.3 Å². The lowest BCUT2D eigenvalue weighted by molar-refractivity contribution is 1.01. The molecule has 3 nitrogen and oxygen atoms in total. The van der Waals surface area contributed by atoms with Crippen molar-refractivity contribution < 1.29 is 0 Å². The summed E-state index contributed by atoms with van der Waals surface area (Å²) >= 11 is 0. The standard InChI is InChI=1S/C19H16BN3/c1-4-10-16(11-5-1)19-21-20(17-12-6-2-7-13-17)23(22-19)18-14-8-3-9-15-18/h1-15H,(H,21,22). The minimum Gasteiger partial charge on any atom is -0.300 e. The van der Waals surface area contributed by atoms with E-state index in [2.05, 4.69) is 58.9 Å². The molecule has 0 unspecified atom stereocenters. The zero-order valence-electron chi connectivity index (χ0n) is 12.6. The Hall–Kier alpha value is -3.01. The van der Waals surface area contributed by atoms with Crippen molar-refractivity contribution in [2.75, 3.05) is 4.92 Å². The van der Waals surface area contributed by atoms with Gasteiger partial charge in [0.25, 0.3) is 0 Å². The van der Waals surface area contributed by atoms with Gasteiger partial charge in [-0.25, -0.2) is 0 Å². The molecule has 0 spiro atoms. The SMILES string of the molecule is c1ccc(B2N=C(c3ccccc3)NN2c2ccccc2)cc1. The number of anilines is 1. The number of para-hydroxylation sites is 1. The highest BCUT2D eigenvalue weighted by Gasteiger charge is 2.33. The Balaban J connectivity index is 1.75. The van der Waals surface area contributed by atoms with Crippen LogP contribution in [0.15, 0.2) is 95.9 Å². The first-order chi connectivity index (χ1) is 11.4. The summed E-state index contributed by atoms with van der Waals surface area (Å²) in [6.45, 7) is -0.0752. The predicted molar refractivity (Wildman–Crippen MR) is 96.9 cm³/mol. The second-order valence-electron chi connectivity index (χ2n) is 5.45. The Labute approximate surface area is 136 Å². The third-order valence-electron chi connectivity index (χ3n) is 3.90. The van der Waals surface area contributed by atoms with Crippen molar-refractivity contribution in [2.24, 2.45) is 4.90 Å². The molecule has 0 saturated heterocycles. The van der Waals surface area contributed by atoms with Crippen molar-refractivity contribution in [1.82, 2.24) is 5.43 Å². The zero-order chi connectivity index (χ0) is 15.5. The van der Waals surface area contributed by atoms with E-state index in [0.29, 0.717) is 0 Å². The van der Waals surface area contributed by atoms with Gasteiger partial charge in [-0.2, -0.15) is 0 Å². The first-order valence-electron chi connectivity index (χ1n) is 7.71. The normalized spacial score (nSPS) is 13.7. The van der Waals surface area contributed by atoms with Crippen molar-refractivity contribution in [3.8, 4) is 0 Å². The number of nitrogens with one attached hydrogen (secondary N) is 1. The molecule has 0 atom stereocenters.